The normalized spacial score (nSPS) is 21.4. The molecule has 9 aromatic rings. The largest absolute Gasteiger partial charge is 0.311 e. The van der Waals surface area contributed by atoms with Crippen LogP contribution in [0.1, 0.15) is 285 Å². The first-order valence-electron chi connectivity index (χ1n) is 38.1. The van der Waals surface area contributed by atoms with Gasteiger partial charge in [0.15, 0.2) is 0 Å². The Bertz CT molecular complexity index is 4790. The number of rotatable bonds is 6. The topological polar surface area (TPSA) is 9.72 Å². The Kier molecular flexibility index (Phi) is 14.4. The molecule has 0 atom stereocenters. The summed E-state index contributed by atoms with van der Waals surface area (Å²) >= 11 is 2.10. The van der Waals surface area contributed by atoms with Gasteiger partial charge in [0.2, 0.25) is 0 Å². The number of benzene rings is 8. The van der Waals surface area contributed by atoms with Gasteiger partial charge in [0.1, 0.15) is 0 Å². The zero-order valence-electron chi connectivity index (χ0n) is 64.7. The fourth-order valence-electron chi connectivity index (χ4n) is 19.9. The predicted molar refractivity (Wildman–Crippen MR) is 431 cm³/mol. The van der Waals surface area contributed by atoms with Gasteiger partial charge in [0, 0.05) is 54.6 Å². The van der Waals surface area contributed by atoms with E-state index in [2.05, 4.69) is 325 Å². The number of fused-ring (bicyclic) bond motifs is 11. The summed E-state index contributed by atoms with van der Waals surface area (Å²) < 4.78 is 2.86. The second-order valence-corrected chi connectivity index (χ2v) is 41.0. The predicted octanol–water partition coefficient (Wildman–Crippen LogP) is 25.2. The summed E-state index contributed by atoms with van der Waals surface area (Å²) in [6.07, 6.45) is 11.6. The van der Waals surface area contributed by atoms with Gasteiger partial charge in [0.05, 0.1) is 17.1 Å². The third-order valence-electron chi connectivity index (χ3n) is 27.3. The van der Waals surface area contributed by atoms with Crippen LogP contribution in [0, 0.1) is 0 Å². The third kappa shape index (κ3) is 10.2. The van der Waals surface area contributed by atoms with Crippen molar-refractivity contribution in [1.29, 1.82) is 0 Å². The molecule has 0 N–H and O–H groups in total. The maximum absolute atomic E-state index is 2.85. The van der Waals surface area contributed by atoms with E-state index in [9.17, 15) is 0 Å². The van der Waals surface area contributed by atoms with E-state index in [4.69, 9.17) is 0 Å². The standard InChI is InChI=1S/C94H112BN3S/c1-84(2,3)58-29-36-76(63(47-58)57-27-25-24-26-28-57)98-77-55-73-72(92(18,19)44-45-93(73,20)21)54-75(77)95-81-78(97(61-32-35-67-70(50-61)90(14,15)42-39-87(67,8)9)82-64-53-71-74(56-80(64)99-83(82)95)94(22,23)46-43-91(71,16)17)51-62(52-79(81)98)96(59-30-33-65-68(48-59)88(10,11)40-37-85(65,4)5)60-31-34-66-69(49-60)89(12,13)41-38-86(66,6)7/h24-36,47-56H,37-46H2,1-23H3. The number of thiophene rings is 1. The van der Waals surface area contributed by atoms with Crippen molar-refractivity contribution in [3.05, 3.63) is 201 Å². The lowest BCUT2D eigenvalue weighted by Gasteiger charge is -2.48. The van der Waals surface area contributed by atoms with Crippen molar-refractivity contribution in [1.82, 2.24) is 0 Å². The zero-order chi connectivity index (χ0) is 70.4. The number of hydrogen-bond donors (Lipinski definition) is 0. The number of anilines is 9. The van der Waals surface area contributed by atoms with E-state index in [1.165, 1.54) is 175 Å². The van der Waals surface area contributed by atoms with Crippen molar-refractivity contribution in [2.24, 2.45) is 0 Å². The van der Waals surface area contributed by atoms with Gasteiger partial charge >= 0.3 is 0 Å². The van der Waals surface area contributed by atoms with Gasteiger partial charge in [-0.3, -0.25) is 0 Å². The molecule has 0 saturated carbocycles. The molecule has 8 aromatic carbocycles. The molecule has 0 bridgehead atoms. The smallest absolute Gasteiger partial charge is 0.264 e. The summed E-state index contributed by atoms with van der Waals surface area (Å²) in [5, 5.41) is 1.39. The minimum absolute atomic E-state index is 0.0104. The summed E-state index contributed by atoms with van der Waals surface area (Å²) in [7, 11) is 0. The molecule has 0 saturated heterocycles. The first-order chi connectivity index (χ1) is 46.1. The monoisotopic (exact) mass is 1330 g/mol. The van der Waals surface area contributed by atoms with Crippen LogP contribution in [0.25, 0.3) is 21.2 Å². The molecule has 512 valence electrons. The molecule has 0 radical (unpaired) electrons. The van der Waals surface area contributed by atoms with Gasteiger partial charge < -0.3 is 14.7 Å². The summed E-state index contributed by atoms with van der Waals surface area (Å²) in [5.74, 6) is 0. The van der Waals surface area contributed by atoms with E-state index < -0.39 is 0 Å². The highest BCUT2D eigenvalue weighted by Gasteiger charge is 2.51. The van der Waals surface area contributed by atoms with Crippen molar-refractivity contribution in [3.8, 4) is 11.1 Å². The van der Waals surface area contributed by atoms with Crippen molar-refractivity contribution in [2.45, 2.75) is 283 Å². The number of hydrogen-bond acceptors (Lipinski definition) is 4. The second-order valence-electron chi connectivity index (χ2n) is 39.9. The lowest BCUT2D eigenvalue weighted by molar-refractivity contribution is 0.332. The van der Waals surface area contributed by atoms with E-state index in [1.54, 1.807) is 0 Å². The third-order valence-corrected chi connectivity index (χ3v) is 28.5. The lowest BCUT2D eigenvalue weighted by Crippen LogP contribution is -2.61. The molecule has 5 aliphatic carbocycles. The molecule has 3 nitrogen and oxygen atoms in total. The molecule has 3 heterocycles. The van der Waals surface area contributed by atoms with Gasteiger partial charge in [0.25, 0.3) is 6.71 Å². The fourth-order valence-corrected chi connectivity index (χ4v) is 21.2. The Morgan fingerprint density at radius 3 is 1.25 bits per heavy atom. The van der Waals surface area contributed by atoms with Crippen molar-refractivity contribution >= 4 is 95.0 Å². The van der Waals surface area contributed by atoms with Crippen molar-refractivity contribution < 1.29 is 0 Å². The van der Waals surface area contributed by atoms with Crippen LogP contribution in [0.3, 0.4) is 0 Å². The molecule has 7 aliphatic rings. The van der Waals surface area contributed by atoms with Gasteiger partial charge in [-0.05, 0) is 280 Å². The first-order valence-corrected chi connectivity index (χ1v) is 39.0. The maximum Gasteiger partial charge on any atom is 0.264 e. The molecule has 5 heteroatoms. The van der Waals surface area contributed by atoms with Gasteiger partial charge in [-0.25, -0.2) is 0 Å². The highest BCUT2D eigenvalue weighted by Crippen LogP contribution is 2.59. The van der Waals surface area contributed by atoms with Crippen LogP contribution in [-0.2, 0) is 59.6 Å². The van der Waals surface area contributed by atoms with Crippen molar-refractivity contribution in [2.75, 3.05) is 14.7 Å². The van der Waals surface area contributed by atoms with Gasteiger partial charge in [-0.1, -0.05) is 220 Å². The van der Waals surface area contributed by atoms with Crippen LogP contribution in [0.2, 0.25) is 0 Å². The minimum atomic E-state index is -0.0844. The van der Waals surface area contributed by atoms with E-state index in [0.29, 0.717) is 0 Å². The number of nitrogens with zero attached hydrogens (tertiary/aromatic N) is 3. The SMILES string of the molecule is CC(C)(C)c1ccc(N2c3cc4c(cc3B3c5sc6cc7c(cc6c5N(c5ccc6c(c5)C(C)(C)CCC6(C)C)c5cc(N(c6ccc8c(c6)C(C)(C)CCC8(C)C)c6ccc8c(c6)C(C)(C)CCC8(C)C)cc2c53)C(C)(C)CCC7(C)C)C(C)(C)CCC4(C)C)c(-c2ccccc2)c1. The van der Waals surface area contributed by atoms with Crippen LogP contribution in [-0.4, -0.2) is 6.71 Å². The molecule has 1 aromatic heterocycles. The first kappa shape index (κ1) is 66.7. The lowest BCUT2D eigenvalue weighted by atomic mass is 9.35. The van der Waals surface area contributed by atoms with E-state index in [1.807, 2.05) is 0 Å². The average molecular weight is 1330 g/mol. The molecule has 16 rings (SSSR count). The Morgan fingerprint density at radius 1 is 0.354 bits per heavy atom. The average Bonchev–Trinajstić information content (AvgIpc) is 1.67. The van der Waals surface area contributed by atoms with Gasteiger partial charge in [-0.2, -0.15) is 0 Å². The molecular weight excluding hydrogens is 1210 g/mol. The molecule has 2 aliphatic heterocycles. The van der Waals surface area contributed by atoms with Gasteiger partial charge in [-0.15, -0.1) is 11.3 Å². The van der Waals surface area contributed by atoms with E-state index >= 15 is 0 Å². The summed E-state index contributed by atoms with van der Waals surface area (Å²) in [6.45, 7) is 57.3. The molecule has 0 unspecified atom stereocenters. The minimum Gasteiger partial charge on any atom is -0.311 e. The molecule has 0 amide bonds. The quantitative estimate of drug-likeness (QED) is 0.154. The van der Waals surface area contributed by atoms with Crippen LogP contribution in [0.15, 0.2) is 140 Å². The molecule has 99 heavy (non-hydrogen) atoms. The van der Waals surface area contributed by atoms with Crippen LogP contribution < -0.4 is 30.4 Å². The molecule has 0 spiro atoms. The van der Waals surface area contributed by atoms with Crippen LogP contribution in [0.5, 0.6) is 0 Å². The Hall–Kier alpha value is -6.82. The summed E-state index contributed by atoms with van der Waals surface area (Å²) in [6, 6.07) is 58.4. The van der Waals surface area contributed by atoms with Crippen molar-refractivity contribution in [3.63, 3.8) is 0 Å². The second kappa shape index (κ2) is 21.4. The zero-order valence-corrected chi connectivity index (χ0v) is 65.5. The molecular formula is C94H112BN3S. The Balaban J connectivity index is 1.11. The van der Waals surface area contributed by atoms with Crippen LogP contribution in [0.4, 0.5) is 51.2 Å². The summed E-state index contributed by atoms with van der Waals surface area (Å²) in [4.78, 5) is 8.39. The van der Waals surface area contributed by atoms with E-state index in [0.717, 1.165) is 38.5 Å². The Morgan fingerprint density at radius 2 is 0.768 bits per heavy atom. The van der Waals surface area contributed by atoms with Crippen LogP contribution >= 0.6 is 11.3 Å². The fraction of sp³-hybridized carbons (Fsp3) is 0.468. The van der Waals surface area contributed by atoms with E-state index in [-0.39, 0.29) is 66.3 Å². The Labute approximate surface area is 600 Å². The highest BCUT2D eigenvalue weighted by molar-refractivity contribution is 7.33. The summed E-state index contributed by atoms with van der Waals surface area (Å²) in [5.41, 5.74) is 32.9. The highest BCUT2D eigenvalue weighted by atomic mass is 32.1. The molecule has 0 fully saturated rings. The maximum atomic E-state index is 2.85.